The van der Waals surface area contributed by atoms with Crippen LogP contribution in [0.4, 0.5) is 5.82 Å². The molecule has 2 aliphatic rings. The van der Waals surface area contributed by atoms with Crippen LogP contribution in [0.5, 0.6) is 0 Å². The highest BCUT2D eigenvalue weighted by Gasteiger charge is 2.29. The van der Waals surface area contributed by atoms with Crippen LogP contribution in [0.15, 0.2) is 54.6 Å². The van der Waals surface area contributed by atoms with Gasteiger partial charge in [0.2, 0.25) is 0 Å². The number of fused-ring (bicyclic) bond motifs is 2. The third kappa shape index (κ3) is 3.52. The summed E-state index contributed by atoms with van der Waals surface area (Å²) in [5.74, 6) is 1.41. The van der Waals surface area contributed by atoms with Crippen molar-refractivity contribution in [1.82, 2.24) is 14.9 Å². The van der Waals surface area contributed by atoms with E-state index in [4.69, 9.17) is 9.97 Å². The molecule has 2 saturated heterocycles. The third-order valence-corrected chi connectivity index (χ3v) is 7.98. The molecule has 162 valence electrons. The van der Waals surface area contributed by atoms with E-state index in [9.17, 15) is 4.79 Å². The molecule has 4 aromatic rings. The van der Waals surface area contributed by atoms with E-state index in [1.807, 2.05) is 35.2 Å². The summed E-state index contributed by atoms with van der Waals surface area (Å²) in [6.07, 6.45) is 4.25. The second-order valence-corrected chi connectivity index (χ2v) is 9.89. The van der Waals surface area contributed by atoms with Gasteiger partial charge in [0.15, 0.2) is 0 Å². The smallest absolute Gasteiger partial charge is 0.257 e. The number of piperidine rings is 1. The van der Waals surface area contributed by atoms with E-state index in [1.165, 1.54) is 9.71 Å². The van der Waals surface area contributed by atoms with Crippen molar-refractivity contribution in [3.63, 3.8) is 0 Å². The summed E-state index contributed by atoms with van der Waals surface area (Å²) in [5.41, 5.74) is 2.80. The van der Waals surface area contributed by atoms with Crippen LogP contribution in [0.25, 0.3) is 21.1 Å². The Morgan fingerprint density at radius 1 is 0.875 bits per heavy atom. The SMILES string of the molecule is O=C(c1cc2ccccc2nc1N1CCCC1)N1CCC(c2nc3ccccc3s2)CC1. The average molecular weight is 443 g/mol. The fraction of sp³-hybridized carbons (Fsp3) is 0.346. The van der Waals surface area contributed by atoms with E-state index in [0.717, 1.165) is 79.7 Å². The molecule has 0 atom stereocenters. The lowest BCUT2D eigenvalue weighted by atomic mass is 9.97. The monoisotopic (exact) mass is 442 g/mol. The van der Waals surface area contributed by atoms with Gasteiger partial charge in [-0.1, -0.05) is 30.3 Å². The number of hydrogen-bond acceptors (Lipinski definition) is 5. The highest BCUT2D eigenvalue weighted by molar-refractivity contribution is 7.18. The number of benzene rings is 2. The topological polar surface area (TPSA) is 49.3 Å². The Labute approximate surface area is 191 Å². The summed E-state index contributed by atoms with van der Waals surface area (Å²) >= 11 is 1.80. The maximum absolute atomic E-state index is 13.7. The first-order valence-corrected chi connectivity index (χ1v) is 12.4. The molecular weight excluding hydrogens is 416 g/mol. The van der Waals surface area contributed by atoms with Crippen molar-refractivity contribution in [1.29, 1.82) is 0 Å². The van der Waals surface area contributed by atoms with E-state index < -0.39 is 0 Å². The molecule has 2 fully saturated rings. The minimum atomic E-state index is 0.118. The highest BCUT2D eigenvalue weighted by Crippen LogP contribution is 2.35. The zero-order chi connectivity index (χ0) is 21.5. The fourth-order valence-corrected chi connectivity index (χ4v) is 6.13. The molecule has 2 aromatic heterocycles. The minimum Gasteiger partial charge on any atom is -0.356 e. The van der Waals surface area contributed by atoms with Gasteiger partial charge in [0.25, 0.3) is 5.91 Å². The summed E-state index contributed by atoms with van der Waals surface area (Å²) in [6, 6.07) is 18.5. The first-order valence-electron chi connectivity index (χ1n) is 11.6. The largest absolute Gasteiger partial charge is 0.356 e. The van der Waals surface area contributed by atoms with Crippen molar-refractivity contribution < 1.29 is 4.79 Å². The van der Waals surface area contributed by atoms with E-state index in [1.54, 1.807) is 11.3 Å². The van der Waals surface area contributed by atoms with Crippen molar-refractivity contribution >= 4 is 44.2 Å². The van der Waals surface area contributed by atoms with Gasteiger partial charge in [-0.05, 0) is 49.9 Å². The molecule has 2 aromatic carbocycles. The van der Waals surface area contributed by atoms with Crippen molar-refractivity contribution in [3.05, 3.63) is 65.2 Å². The lowest BCUT2D eigenvalue weighted by molar-refractivity contribution is 0.0713. The second-order valence-electron chi connectivity index (χ2n) is 8.83. The fourth-order valence-electron chi connectivity index (χ4n) is 5.00. The molecular formula is C26H26N4OS. The normalized spacial score (nSPS) is 17.5. The summed E-state index contributed by atoms with van der Waals surface area (Å²) in [5, 5.41) is 2.24. The minimum absolute atomic E-state index is 0.118. The van der Waals surface area contributed by atoms with Crippen LogP contribution in [-0.2, 0) is 0 Å². The number of amides is 1. The van der Waals surface area contributed by atoms with E-state index >= 15 is 0 Å². The molecule has 0 N–H and O–H groups in total. The van der Waals surface area contributed by atoms with Crippen LogP contribution >= 0.6 is 11.3 Å². The molecule has 1 amide bonds. The van der Waals surface area contributed by atoms with Crippen LogP contribution in [0.2, 0.25) is 0 Å². The second kappa shape index (κ2) is 8.17. The van der Waals surface area contributed by atoms with E-state index in [0.29, 0.717) is 5.92 Å². The van der Waals surface area contributed by atoms with Gasteiger partial charge < -0.3 is 9.80 Å². The van der Waals surface area contributed by atoms with Crippen molar-refractivity contribution in [2.75, 3.05) is 31.1 Å². The molecule has 2 aliphatic heterocycles. The number of anilines is 1. The van der Waals surface area contributed by atoms with Crippen molar-refractivity contribution in [2.24, 2.45) is 0 Å². The number of rotatable bonds is 3. The third-order valence-electron chi connectivity index (χ3n) is 6.78. The Balaban J connectivity index is 1.25. The first kappa shape index (κ1) is 19.7. The van der Waals surface area contributed by atoms with Crippen molar-refractivity contribution in [2.45, 2.75) is 31.6 Å². The number of para-hydroxylation sites is 2. The molecule has 5 nitrogen and oxygen atoms in total. The number of hydrogen-bond donors (Lipinski definition) is 0. The Morgan fingerprint density at radius 3 is 2.38 bits per heavy atom. The van der Waals surface area contributed by atoms with Crippen molar-refractivity contribution in [3.8, 4) is 0 Å². The van der Waals surface area contributed by atoms with Gasteiger partial charge in [0, 0.05) is 37.5 Å². The number of aromatic nitrogens is 2. The van der Waals surface area contributed by atoms with Crippen LogP contribution in [-0.4, -0.2) is 47.0 Å². The van der Waals surface area contributed by atoms with Gasteiger partial charge >= 0.3 is 0 Å². The number of thiazole rings is 1. The molecule has 6 rings (SSSR count). The molecule has 4 heterocycles. The lowest BCUT2D eigenvalue weighted by Gasteiger charge is -2.32. The Kier molecular flexibility index (Phi) is 5.02. The lowest BCUT2D eigenvalue weighted by Crippen LogP contribution is -2.39. The molecule has 0 aliphatic carbocycles. The summed E-state index contributed by atoms with van der Waals surface area (Å²) < 4.78 is 1.25. The highest BCUT2D eigenvalue weighted by atomic mass is 32.1. The average Bonchev–Trinajstić information content (AvgIpc) is 3.53. The zero-order valence-electron chi connectivity index (χ0n) is 18.0. The summed E-state index contributed by atoms with van der Waals surface area (Å²) in [7, 11) is 0. The standard InChI is InChI=1S/C26H26N4OS/c31-26(20-17-19-7-1-2-8-21(19)27-24(20)29-13-5-6-14-29)30-15-11-18(12-16-30)25-28-22-9-3-4-10-23(22)32-25/h1-4,7-10,17-18H,5-6,11-16H2. The molecule has 0 unspecified atom stereocenters. The Bertz CT molecular complexity index is 1250. The van der Waals surface area contributed by atoms with Gasteiger partial charge in [0.1, 0.15) is 5.82 Å². The summed E-state index contributed by atoms with van der Waals surface area (Å²) in [4.78, 5) is 27.8. The molecule has 0 spiro atoms. The number of nitrogens with zero attached hydrogens (tertiary/aromatic N) is 4. The maximum Gasteiger partial charge on any atom is 0.257 e. The molecule has 0 bridgehead atoms. The first-order chi connectivity index (χ1) is 15.8. The van der Waals surface area contributed by atoms with Crippen LogP contribution in [0.3, 0.4) is 0 Å². The van der Waals surface area contributed by atoms with Gasteiger partial charge in [-0.25, -0.2) is 9.97 Å². The van der Waals surface area contributed by atoms with Crippen LogP contribution < -0.4 is 4.90 Å². The Morgan fingerprint density at radius 2 is 1.59 bits per heavy atom. The zero-order valence-corrected chi connectivity index (χ0v) is 18.9. The molecule has 0 saturated carbocycles. The molecule has 32 heavy (non-hydrogen) atoms. The van der Waals surface area contributed by atoms with Gasteiger partial charge in [-0.15, -0.1) is 11.3 Å². The number of pyridine rings is 1. The van der Waals surface area contributed by atoms with Gasteiger partial charge in [-0.3, -0.25) is 4.79 Å². The molecule has 6 heteroatoms. The maximum atomic E-state index is 13.7. The predicted octanol–water partition coefficient (Wildman–Crippen LogP) is 5.46. The van der Waals surface area contributed by atoms with E-state index in [-0.39, 0.29) is 5.91 Å². The number of likely N-dealkylation sites (tertiary alicyclic amines) is 1. The predicted molar refractivity (Wildman–Crippen MR) is 131 cm³/mol. The van der Waals surface area contributed by atoms with Crippen LogP contribution in [0.1, 0.15) is 47.0 Å². The molecule has 0 radical (unpaired) electrons. The Hall–Kier alpha value is -2.99. The number of carbonyl (C=O) groups is 1. The van der Waals surface area contributed by atoms with Crippen LogP contribution in [0, 0.1) is 0 Å². The van der Waals surface area contributed by atoms with Gasteiger partial charge in [-0.2, -0.15) is 0 Å². The van der Waals surface area contributed by atoms with E-state index in [2.05, 4.69) is 29.2 Å². The summed E-state index contributed by atoms with van der Waals surface area (Å²) in [6.45, 7) is 3.49. The number of carbonyl (C=O) groups excluding carboxylic acids is 1. The van der Waals surface area contributed by atoms with Gasteiger partial charge in [0.05, 0.1) is 26.3 Å². The quantitative estimate of drug-likeness (QED) is 0.422.